The minimum absolute atomic E-state index is 0.550. The van der Waals surface area contributed by atoms with Crippen molar-refractivity contribution in [2.75, 3.05) is 0 Å². The van der Waals surface area contributed by atoms with Crippen LogP contribution in [-0.4, -0.2) is 9.97 Å². The van der Waals surface area contributed by atoms with Crippen LogP contribution in [0.1, 0.15) is 5.69 Å². The van der Waals surface area contributed by atoms with Crippen LogP contribution in [0.25, 0.3) is 10.9 Å². The number of aromatic nitrogens is 2. The Labute approximate surface area is 64.2 Å². The van der Waals surface area contributed by atoms with E-state index in [0.29, 0.717) is 6.54 Å². The Morgan fingerprint density at radius 3 is 3.18 bits per heavy atom. The number of nitrogens with one attached hydrogen (secondary N) is 1. The zero-order chi connectivity index (χ0) is 7.68. The molecule has 0 amide bonds. The summed E-state index contributed by atoms with van der Waals surface area (Å²) in [7, 11) is 0. The third-order valence-electron chi connectivity index (χ3n) is 1.70. The molecule has 2 aromatic heterocycles. The van der Waals surface area contributed by atoms with Gasteiger partial charge in [-0.25, -0.2) is 0 Å². The van der Waals surface area contributed by atoms with Gasteiger partial charge in [-0.3, -0.25) is 4.98 Å². The average molecular weight is 147 g/mol. The zero-order valence-corrected chi connectivity index (χ0v) is 6.04. The van der Waals surface area contributed by atoms with Crippen molar-refractivity contribution < 1.29 is 0 Å². The summed E-state index contributed by atoms with van der Waals surface area (Å²) in [6, 6.07) is 4.00. The van der Waals surface area contributed by atoms with Gasteiger partial charge in [-0.15, -0.1) is 0 Å². The molecule has 0 unspecified atom stereocenters. The fraction of sp³-hybridized carbons (Fsp3) is 0.125. The second kappa shape index (κ2) is 2.36. The Morgan fingerprint density at radius 1 is 1.55 bits per heavy atom. The molecule has 3 N–H and O–H groups in total. The fourth-order valence-corrected chi connectivity index (χ4v) is 1.14. The van der Waals surface area contributed by atoms with Crippen LogP contribution in [0.15, 0.2) is 24.5 Å². The average Bonchev–Trinajstić information content (AvgIpc) is 2.46. The smallest absolute Gasteiger partial charge is 0.0642 e. The minimum atomic E-state index is 0.550. The molecule has 0 radical (unpaired) electrons. The number of nitrogens with zero attached hydrogens (tertiary/aromatic N) is 1. The lowest BCUT2D eigenvalue weighted by molar-refractivity contribution is 1.02. The molecule has 0 saturated heterocycles. The van der Waals surface area contributed by atoms with Gasteiger partial charge in [0.05, 0.1) is 11.7 Å². The van der Waals surface area contributed by atoms with Crippen LogP contribution >= 0.6 is 0 Å². The van der Waals surface area contributed by atoms with Crippen LogP contribution in [0, 0.1) is 0 Å². The first-order chi connectivity index (χ1) is 5.40. The summed E-state index contributed by atoms with van der Waals surface area (Å²) < 4.78 is 0. The molecular weight excluding hydrogens is 138 g/mol. The summed E-state index contributed by atoms with van der Waals surface area (Å²) >= 11 is 0. The summed E-state index contributed by atoms with van der Waals surface area (Å²) in [6.07, 6.45) is 3.57. The predicted molar refractivity (Wildman–Crippen MR) is 44.0 cm³/mol. The van der Waals surface area contributed by atoms with E-state index in [0.717, 1.165) is 11.2 Å². The van der Waals surface area contributed by atoms with Crippen molar-refractivity contribution in [1.82, 2.24) is 9.97 Å². The lowest BCUT2D eigenvalue weighted by Crippen LogP contribution is -1.94. The van der Waals surface area contributed by atoms with E-state index >= 15 is 0 Å². The van der Waals surface area contributed by atoms with Crippen molar-refractivity contribution in [3.63, 3.8) is 0 Å². The predicted octanol–water partition coefficient (Wildman–Crippen LogP) is 1.02. The quantitative estimate of drug-likeness (QED) is 0.632. The zero-order valence-electron chi connectivity index (χ0n) is 6.04. The number of aromatic amines is 1. The molecule has 0 saturated carbocycles. The molecule has 0 aliphatic rings. The molecule has 11 heavy (non-hydrogen) atoms. The highest BCUT2D eigenvalue weighted by Crippen LogP contribution is 2.12. The van der Waals surface area contributed by atoms with E-state index in [1.165, 1.54) is 5.39 Å². The van der Waals surface area contributed by atoms with Gasteiger partial charge in [0.25, 0.3) is 0 Å². The maximum absolute atomic E-state index is 5.46. The summed E-state index contributed by atoms with van der Waals surface area (Å²) in [5.41, 5.74) is 7.56. The second-order valence-electron chi connectivity index (χ2n) is 2.46. The molecule has 0 bridgehead atoms. The SMILES string of the molecule is NCc1cc2ccncc2[nH]1. The van der Waals surface area contributed by atoms with E-state index in [1.807, 2.05) is 12.1 Å². The van der Waals surface area contributed by atoms with Gasteiger partial charge >= 0.3 is 0 Å². The van der Waals surface area contributed by atoms with E-state index in [4.69, 9.17) is 5.73 Å². The fourth-order valence-electron chi connectivity index (χ4n) is 1.14. The van der Waals surface area contributed by atoms with Crippen molar-refractivity contribution in [2.24, 2.45) is 5.73 Å². The highest BCUT2D eigenvalue weighted by Gasteiger charge is 1.96. The van der Waals surface area contributed by atoms with Crippen LogP contribution in [0.4, 0.5) is 0 Å². The number of hydrogen-bond acceptors (Lipinski definition) is 2. The molecule has 3 nitrogen and oxygen atoms in total. The molecule has 0 aliphatic carbocycles. The molecule has 2 heterocycles. The van der Waals surface area contributed by atoms with Crippen LogP contribution in [0.5, 0.6) is 0 Å². The highest BCUT2D eigenvalue weighted by molar-refractivity contribution is 5.79. The van der Waals surface area contributed by atoms with Crippen molar-refractivity contribution in [1.29, 1.82) is 0 Å². The Morgan fingerprint density at radius 2 is 2.45 bits per heavy atom. The molecule has 0 fully saturated rings. The van der Waals surface area contributed by atoms with Crippen LogP contribution < -0.4 is 5.73 Å². The van der Waals surface area contributed by atoms with Gasteiger partial charge in [0.15, 0.2) is 0 Å². The first-order valence-corrected chi connectivity index (χ1v) is 3.52. The van der Waals surface area contributed by atoms with Gasteiger partial charge in [-0.2, -0.15) is 0 Å². The topological polar surface area (TPSA) is 54.7 Å². The van der Waals surface area contributed by atoms with Crippen molar-refractivity contribution in [2.45, 2.75) is 6.54 Å². The summed E-state index contributed by atoms with van der Waals surface area (Å²) in [5.74, 6) is 0. The number of hydrogen-bond donors (Lipinski definition) is 2. The van der Waals surface area contributed by atoms with Gasteiger partial charge < -0.3 is 10.7 Å². The molecule has 0 aromatic carbocycles. The van der Waals surface area contributed by atoms with Gasteiger partial charge in [0.1, 0.15) is 0 Å². The number of pyridine rings is 1. The monoisotopic (exact) mass is 147 g/mol. The number of nitrogens with two attached hydrogens (primary N) is 1. The normalized spacial score (nSPS) is 10.6. The summed E-state index contributed by atoms with van der Waals surface area (Å²) in [4.78, 5) is 7.15. The van der Waals surface area contributed by atoms with E-state index < -0.39 is 0 Å². The summed E-state index contributed by atoms with van der Waals surface area (Å²) in [6.45, 7) is 0.550. The first kappa shape index (κ1) is 6.37. The molecule has 0 aliphatic heterocycles. The van der Waals surface area contributed by atoms with E-state index in [9.17, 15) is 0 Å². The number of H-pyrrole nitrogens is 1. The third kappa shape index (κ3) is 0.991. The molecule has 2 aromatic rings. The largest absolute Gasteiger partial charge is 0.356 e. The van der Waals surface area contributed by atoms with Gasteiger partial charge in [-0.05, 0) is 12.1 Å². The van der Waals surface area contributed by atoms with Crippen LogP contribution in [0.3, 0.4) is 0 Å². The Bertz CT molecular complexity index is 331. The Kier molecular flexibility index (Phi) is 1.36. The molecule has 3 heteroatoms. The third-order valence-corrected chi connectivity index (χ3v) is 1.70. The van der Waals surface area contributed by atoms with Crippen LogP contribution in [-0.2, 0) is 6.54 Å². The standard InChI is InChI=1S/C8H9N3/c9-4-7-3-6-1-2-10-5-8(6)11-7/h1-3,5,11H,4,9H2. The molecule has 0 spiro atoms. The Hall–Kier alpha value is -1.35. The number of fused-ring (bicyclic) bond motifs is 1. The Balaban J connectivity index is 2.69. The van der Waals surface area contributed by atoms with Crippen molar-refractivity contribution in [3.8, 4) is 0 Å². The van der Waals surface area contributed by atoms with E-state index in [1.54, 1.807) is 12.4 Å². The highest BCUT2D eigenvalue weighted by atomic mass is 14.8. The molecule has 0 atom stereocenters. The van der Waals surface area contributed by atoms with Gasteiger partial charge in [-0.1, -0.05) is 0 Å². The van der Waals surface area contributed by atoms with E-state index in [-0.39, 0.29) is 0 Å². The van der Waals surface area contributed by atoms with Gasteiger partial charge in [0.2, 0.25) is 0 Å². The molecule has 56 valence electrons. The van der Waals surface area contributed by atoms with Crippen molar-refractivity contribution >= 4 is 10.9 Å². The first-order valence-electron chi connectivity index (χ1n) is 3.52. The van der Waals surface area contributed by atoms with Crippen LogP contribution in [0.2, 0.25) is 0 Å². The number of rotatable bonds is 1. The maximum Gasteiger partial charge on any atom is 0.0642 e. The lowest BCUT2D eigenvalue weighted by Gasteiger charge is -1.84. The molecular formula is C8H9N3. The van der Waals surface area contributed by atoms with E-state index in [2.05, 4.69) is 9.97 Å². The minimum Gasteiger partial charge on any atom is -0.356 e. The van der Waals surface area contributed by atoms with Gasteiger partial charge in [0, 0.05) is 23.8 Å². The summed E-state index contributed by atoms with van der Waals surface area (Å²) in [5, 5.41) is 1.17. The van der Waals surface area contributed by atoms with Crippen molar-refractivity contribution in [3.05, 3.63) is 30.2 Å². The lowest BCUT2D eigenvalue weighted by atomic mass is 10.3. The molecule has 2 rings (SSSR count). The maximum atomic E-state index is 5.46. The second-order valence-corrected chi connectivity index (χ2v) is 2.46.